The summed E-state index contributed by atoms with van der Waals surface area (Å²) in [7, 11) is 3.80. The number of carbonyl (C=O) groups excluding carboxylic acids is 1. The first-order chi connectivity index (χ1) is 6.07. The summed E-state index contributed by atoms with van der Waals surface area (Å²) in [5, 5.41) is 0. The maximum Gasteiger partial charge on any atom is 0.152 e. The third kappa shape index (κ3) is 2.11. The van der Waals surface area contributed by atoms with Crippen LogP contribution in [0.4, 0.5) is 5.69 Å². The minimum absolute atomic E-state index is 0.681. The molecule has 0 aromatic heterocycles. The molecule has 0 atom stereocenters. The van der Waals surface area contributed by atoms with E-state index in [1.54, 1.807) is 6.07 Å². The van der Waals surface area contributed by atoms with E-state index in [2.05, 4.69) is 31.9 Å². The number of hydrogen-bond acceptors (Lipinski definition) is 2. The van der Waals surface area contributed by atoms with Crippen LogP contribution in [0.25, 0.3) is 0 Å². The van der Waals surface area contributed by atoms with E-state index in [1.165, 1.54) is 0 Å². The average molecular weight is 307 g/mol. The molecule has 2 nitrogen and oxygen atoms in total. The van der Waals surface area contributed by atoms with Crippen molar-refractivity contribution in [3.63, 3.8) is 0 Å². The van der Waals surface area contributed by atoms with Crippen LogP contribution in [0.3, 0.4) is 0 Å². The second-order valence-corrected chi connectivity index (χ2v) is 4.46. The molecule has 1 aromatic carbocycles. The predicted molar refractivity (Wildman–Crippen MR) is 61.6 cm³/mol. The van der Waals surface area contributed by atoms with Crippen molar-refractivity contribution in [1.29, 1.82) is 0 Å². The zero-order valence-electron chi connectivity index (χ0n) is 7.34. The Morgan fingerprint density at radius 3 is 2.38 bits per heavy atom. The first kappa shape index (κ1) is 10.7. The number of carbonyl (C=O) groups is 1. The van der Waals surface area contributed by atoms with E-state index in [9.17, 15) is 4.79 Å². The van der Waals surface area contributed by atoms with Crippen LogP contribution >= 0.6 is 31.9 Å². The van der Waals surface area contributed by atoms with Gasteiger partial charge in [-0.1, -0.05) is 0 Å². The van der Waals surface area contributed by atoms with Gasteiger partial charge < -0.3 is 4.90 Å². The lowest BCUT2D eigenvalue weighted by Crippen LogP contribution is -2.12. The van der Waals surface area contributed by atoms with Gasteiger partial charge >= 0.3 is 0 Å². The van der Waals surface area contributed by atoms with Crippen LogP contribution in [-0.4, -0.2) is 20.4 Å². The molecule has 0 saturated carbocycles. The standard InChI is InChI=1S/C9H9Br2NO/c1-12(2)9-6(5-13)3-4-7(10)8(9)11/h3-5H,1-2H3. The lowest BCUT2D eigenvalue weighted by Gasteiger charge is -2.17. The van der Waals surface area contributed by atoms with Crippen LogP contribution < -0.4 is 4.90 Å². The Bertz CT molecular complexity index is 337. The molecule has 0 heterocycles. The number of halogens is 2. The monoisotopic (exact) mass is 305 g/mol. The summed E-state index contributed by atoms with van der Waals surface area (Å²) in [6.45, 7) is 0. The smallest absolute Gasteiger partial charge is 0.152 e. The fourth-order valence-electron chi connectivity index (χ4n) is 1.10. The predicted octanol–water partition coefficient (Wildman–Crippen LogP) is 3.09. The summed E-state index contributed by atoms with van der Waals surface area (Å²) in [5.41, 5.74) is 1.57. The van der Waals surface area contributed by atoms with E-state index < -0.39 is 0 Å². The fraction of sp³-hybridized carbons (Fsp3) is 0.222. The molecule has 0 aliphatic rings. The molecule has 13 heavy (non-hydrogen) atoms. The first-order valence-corrected chi connectivity index (χ1v) is 5.27. The molecule has 0 aliphatic heterocycles. The van der Waals surface area contributed by atoms with Gasteiger partial charge in [0.1, 0.15) is 0 Å². The number of anilines is 1. The Morgan fingerprint density at radius 1 is 1.31 bits per heavy atom. The Balaban J connectivity index is 3.41. The highest BCUT2D eigenvalue weighted by Crippen LogP contribution is 2.34. The summed E-state index contributed by atoms with van der Waals surface area (Å²) >= 11 is 6.81. The molecule has 4 heteroatoms. The molecule has 1 aromatic rings. The number of benzene rings is 1. The third-order valence-corrected chi connectivity index (χ3v) is 3.67. The Hall–Kier alpha value is -0.350. The fourth-order valence-corrected chi connectivity index (χ4v) is 2.14. The molecule has 0 aliphatic carbocycles. The van der Waals surface area contributed by atoms with Gasteiger partial charge in [0.2, 0.25) is 0 Å². The van der Waals surface area contributed by atoms with Crippen molar-refractivity contribution in [2.45, 2.75) is 0 Å². The highest BCUT2D eigenvalue weighted by molar-refractivity contribution is 9.13. The van der Waals surface area contributed by atoms with Gasteiger partial charge in [-0.15, -0.1) is 0 Å². The molecule has 0 N–H and O–H groups in total. The molecule has 0 radical (unpaired) electrons. The van der Waals surface area contributed by atoms with E-state index in [0.29, 0.717) is 5.56 Å². The molecular formula is C9H9Br2NO. The largest absolute Gasteiger partial charge is 0.376 e. The first-order valence-electron chi connectivity index (χ1n) is 3.68. The van der Waals surface area contributed by atoms with Crippen LogP contribution in [0, 0.1) is 0 Å². The van der Waals surface area contributed by atoms with Gasteiger partial charge in [-0.3, -0.25) is 4.79 Å². The summed E-state index contributed by atoms with van der Waals surface area (Å²) in [6.07, 6.45) is 0.854. The molecule has 0 amide bonds. The van der Waals surface area contributed by atoms with Gasteiger partial charge in [0.15, 0.2) is 6.29 Å². The van der Waals surface area contributed by atoms with E-state index in [-0.39, 0.29) is 0 Å². The molecule has 70 valence electrons. The average Bonchev–Trinajstić information content (AvgIpc) is 2.08. The van der Waals surface area contributed by atoms with Crippen LogP contribution in [0.2, 0.25) is 0 Å². The van der Waals surface area contributed by atoms with Crippen molar-refractivity contribution in [2.75, 3.05) is 19.0 Å². The van der Waals surface area contributed by atoms with Gasteiger partial charge in [-0.2, -0.15) is 0 Å². The van der Waals surface area contributed by atoms with Crippen molar-refractivity contribution in [2.24, 2.45) is 0 Å². The van der Waals surface area contributed by atoms with E-state index in [4.69, 9.17) is 0 Å². The quantitative estimate of drug-likeness (QED) is 0.783. The molecule has 0 unspecified atom stereocenters. The van der Waals surface area contributed by atoms with Crippen molar-refractivity contribution in [1.82, 2.24) is 0 Å². The Labute approximate surface area is 94.2 Å². The zero-order valence-corrected chi connectivity index (χ0v) is 10.5. The number of hydrogen-bond donors (Lipinski definition) is 0. The summed E-state index contributed by atoms with van der Waals surface area (Å²) in [6, 6.07) is 3.64. The van der Waals surface area contributed by atoms with Crippen LogP contribution in [0.15, 0.2) is 21.1 Å². The molecule has 0 saturated heterocycles. The van der Waals surface area contributed by atoms with Gasteiger partial charge in [-0.05, 0) is 44.0 Å². The maximum atomic E-state index is 10.7. The summed E-state index contributed by atoms with van der Waals surface area (Å²) in [5.74, 6) is 0. The third-order valence-electron chi connectivity index (χ3n) is 1.67. The topological polar surface area (TPSA) is 20.3 Å². The van der Waals surface area contributed by atoms with Gasteiger partial charge in [0.05, 0.1) is 10.2 Å². The highest BCUT2D eigenvalue weighted by atomic mass is 79.9. The lowest BCUT2D eigenvalue weighted by molar-refractivity contribution is 0.112. The molecule has 0 spiro atoms. The minimum atomic E-state index is 0.681. The SMILES string of the molecule is CN(C)c1c(C=O)ccc(Br)c1Br. The van der Waals surface area contributed by atoms with Gasteiger partial charge in [-0.25, -0.2) is 0 Å². The Morgan fingerprint density at radius 2 is 1.92 bits per heavy atom. The zero-order chi connectivity index (χ0) is 10.0. The lowest BCUT2D eigenvalue weighted by atomic mass is 10.2. The second-order valence-electron chi connectivity index (χ2n) is 2.81. The number of aldehydes is 1. The van der Waals surface area contributed by atoms with Crippen molar-refractivity contribution in [3.8, 4) is 0 Å². The van der Waals surface area contributed by atoms with Crippen LogP contribution in [-0.2, 0) is 0 Å². The number of rotatable bonds is 2. The van der Waals surface area contributed by atoms with Crippen molar-refractivity contribution < 1.29 is 4.79 Å². The molecule has 1 rings (SSSR count). The minimum Gasteiger partial charge on any atom is -0.376 e. The van der Waals surface area contributed by atoms with Gasteiger partial charge in [0, 0.05) is 24.1 Å². The van der Waals surface area contributed by atoms with E-state index in [1.807, 2.05) is 25.1 Å². The van der Waals surface area contributed by atoms with Crippen LogP contribution in [0.5, 0.6) is 0 Å². The van der Waals surface area contributed by atoms with Crippen LogP contribution in [0.1, 0.15) is 10.4 Å². The summed E-state index contributed by atoms with van der Waals surface area (Å²) in [4.78, 5) is 12.6. The molecule has 0 fully saturated rings. The number of nitrogens with zero attached hydrogens (tertiary/aromatic N) is 1. The van der Waals surface area contributed by atoms with Crippen molar-refractivity contribution in [3.05, 3.63) is 26.6 Å². The normalized spacial score (nSPS) is 9.85. The Kier molecular flexibility index (Phi) is 3.50. The highest BCUT2D eigenvalue weighted by Gasteiger charge is 2.10. The summed E-state index contributed by atoms with van der Waals surface area (Å²) < 4.78 is 1.85. The van der Waals surface area contributed by atoms with E-state index >= 15 is 0 Å². The molecule has 0 bridgehead atoms. The van der Waals surface area contributed by atoms with E-state index in [0.717, 1.165) is 20.9 Å². The second kappa shape index (κ2) is 4.24. The van der Waals surface area contributed by atoms with Crippen molar-refractivity contribution >= 4 is 43.8 Å². The van der Waals surface area contributed by atoms with Gasteiger partial charge in [0.25, 0.3) is 0 Å². The molecular weight excluding hydrogens is 298 g/mol. The maximum absolute atomic E-state index is 10.7.